The number of hydrogen-bond acceptors (Lipinski definition) is 7. The van der Waals surface area contributed by atoms with Gasteiger partial charge < -0.3 is 9.47 Å². The van der Waals surface area contributed by atoms with Crippen LogP contribution in [0.2, 0.25) is 0 Å². The van der Waals surface area contributed by atoms with Crippen molar-refractivity contribution < 1.29 is 24.1 Å². The van der Waals surface area contributed by atoms with Crippen molar-refractivity contribution in [2.24, 2.45) is 0 Å². The van der Waals surface area contributed by atoms with Crippen LogP contribution in [0.15, 0.2) is 115 Å². The molecule has 0 aliphatic heterocycles. The molecule has 0 saturated heterocycles. The van der Waals surface area contributed by atoms with Crippen LogP contribution < -0.4 is 9.47 Å². The zero-order chi connectivity index (χ0) is 30.8. The highest BCUT2D eigenvalue weighted by atomic mass is 16.7. The zero-order valence-electron chi connectivity index (χ0n) is 23.0. The fraction of sp³-hybridized carbons (Fsp3) is 0.0571. The highest BCUT2D eigenvalue weighted by Crippen LogP contribution is 2.54. The smallest absolute Gasteiger partial charge is 0.395 e. The van der Waals surface area contributed by atoms with E-state index in [0.717, 1.165) is 27.8 Å². The first-order chi connectivity index (χ1) is 21.3. The first-order valence-corrected chi connectivity index (χ1v) is 13.5. The molecule has 0 N–H and O–H groups in total. The molecule has 9 nitrogen and oxygen atoms in total. The van der Waals surface area contributed by atoms with Crippen molar-refractivity contribution in [1.82, 2.24) is 0 Å². The predicted octanol–water partition coefficient (Wildman–Crippen LogP) is 8.01. The molecule has 0 amide bonds. The van der Waals surface area contributed by atoms with E-state index in [4.69, 9.17) is 15.9 Å². The molecule has 1 atom stereocenters. The van der Waals surface area contributed by atoms with E-state index >= 15 is 0 Å². The monoisotopic (exact) mass is 582 g/mol. The zero-order valence-corrected chi connectivity index (χ0v) is 23.0. The number of nitrogens with zero attached hydrogens (tertiary/aromatic N) is 2. The van der Waals surface area contributed by atoms with Gasteiger partial charge in [-0.15, -0.1) is 6.42 Å². The first-order valence-electron chi connectivity index (χ1n) is 13.5. The van der Waals surface area contributed by atoms with Crippen molar-refractivity contribution in [1.29, 1.82) is 0 Å². The second kappa shape index (κ2) is 11.5. The van der Waals surface area contributed by atoms with Gasteiger partial charge in [0.1, 0.15) is 11.5 Å². The van der Waals surface area contributed by atoms with Gasteiger partial charge in [-0.25, -0.2) is 4.79 Å². The Kier molecular flexibility index (Phi) is 7.31. The van der Waals surface area contributed by atoms with E-state index < -0.39 is 21.9 Å². The normalized spacial score (nSPS) is 12.3. The Balaban J connectivity index is 1.48. The van der Waals surface area contributed by atoms with E-state index in [1.54, 1.807) is 12.1 Å². The van der Waals surface area contributed by atoms with E-state index in [-0.39, 0.29) is 28.8 Å². The van der Waals surface area contributed by atoms with E-state index in [1.807, 2.05) is 60.7 Å². The number of hydrogen-bond donors (Lipinski definition) is 0. The molecule has 9 heteroatoms. The molecule has 5 aromatic rings. The van der Waals surface area contributed by atoms with Gasteiger partial charge in [-0.05, 0) is 58.1 Å². The Hall–Kier alpha value is -6.27. The number of benzene rings is 5. The fourth-order valence-corrected chi connectivity index (χ4v) is 5.72. The third-order valence-corrected chi connectivity index (χ3v) is 7.63. The van der Waals surface area contributed by atoms with Crippen LogP contribution >= 0.6 is 0 Å². The first kappa shape index (κ1) is 27.9. The summed E-state index contributed by atoms with van der Waals surface area (Å²) in [7, 11) is 0. The van der Waals surface area contributed by atoms with E-state index in [1.165, 1.54) is 42.5 Å². The number of ether oxygens (including phenoxy) is 2. The summed E-state index contributed by atoms with van der Waals surface area (Å²) in [6.07, 6.45) is 4.52. The summed E-state index contributed by atoms with van der Waals surface area (Å²) < 4.78 is 11.0. The van der Waals surface area contributed by atoms with E-state index in [0.29, 0.717) is 11.1 Å². The molecule has 1 aliphatic rings. The predicted molar refractivity (Wildman–Crippen MR) is 163 cm³/mol. The lowest BCUT2D eigenvalue weighted by Gasteiger charge is -2.28. The van der Waals surface area contributed by atoms with Gasteiger partial charge in [0.15, 0.2) is 0 Å². The lowest BCUT2D eigenvalue weighted by atomic mass is 9.75. The Morgan fingerprint density at radius 2 is 1.30 bits per heavy atom. The lowest BCUT2D eigenvalue weighted by molar-refractivity contribution is -0.385. The molecule has 0 spiro atoms. The Labute approximate surface area is 251 Å². The van der Waals surface area contributed by atoms with Crippen LogP contribution in [0.1, 0.15) is 39.7 Å². The minimum Gasteiger partial charge on any atom is -0.395 e. The van der Waals surface area contributed by atoms with Gasteiger partial charge in [-0.1, -0.05) is 66.6 Å². The molecular weight excluding hydrogens is 560 g/mol. The SMILES string of the molecule is C#Cc1ccc(C(c2cc([N+](=O)[O-])ccc2OC(=O)Oc2ccc([N+](=O)[O-])cc2)C2c3ccccc3-c3ccccc32)cc1. The summed E-state index contributed by atoms with van der Waals surface area (Å²) in [5.41, 5.74) is 5.64. The summed E-state index contributed by atoms with van der Waals surface area (Å²) in [5.74, 6) is 1.87. The third-order valence-electron chi connectivity index (χ3n) is 7.63. The van der Waals surface area contributed by atoms with Gasteiger partial charge in [0.05, 0.1) is 9.85 Å². The number of terminal acetylenes is 1. The standard InChI is InChI=1S/C35H22N2O7/c1-2-22-11-13-23(14-12-22)33(34-29-9-5-3-7-27(29)28-8-4-6-10-30(28)34)31-21-25(37(41)42)17-20-32(31)44-35(38)43-26-18-15-24(16-19-26)36(39)40/h1,3-21,33-34H. The molecule has 1 unspecified atom stereocenters. The number of fused-ring (bicyclic) bond motifs is 3. The number of carbonyl (C=O) groups is 1. The number of nitro benzene ring substituents is 2. The minimum absolute atomic E-state index is 0.0316. The Bertz CT molecular complexity index is 1920. The second-order valence-electron chi connectivity index (χ2n) is 10.1. The maximum atomic E-state index is 13.0. The highest BCUT2D eigenvalue weighted by molar-refractivity contribution is 5.80. The molecule has 5 aromatic carbocycles. The molecule has 0 fully saturated rings. The molecule has 0 saturated carbocycles. The van der Waals surface area contributed by atoms with Gasteiger partial charge in [0.25, 0.3) is 11.4 Å². The van der Waals surface area contributed by atoms with Crippen LogP contribution in [0.3, 0.4) is 0 Å². The molecule has 6 rings (SSSR count). The molecule has 0 heterocycles. The Morgan fingerprint density at radius 3 is 1.86 bits per heavy atom. The van der Waals surface area contributed by atoms with Crippen LogP contribution in [0.25, 0.3) is 11.1 Å². The van der Waals surface area contributed by atoms with Gasteiger partial charge >= 0.3 is 6.16 Å². The van der Waals surface area contributed by atoms with Crippen LogP contribution in [0.4, 0.5) is 16.2 Å². The van der Waals surface area contributed by atoms with Crippen LogP contribution in [0, 0.1) is 32.6 Å². The average Bonchev–Trinajstić information content (AvgIpc) is 3.36. The van der Waals surface area contributed by atoms with Crippen molar-refractivity contribution in [3.8, 4) is 35.0 Å². The molecule has 44 heavy (non-hydrogen) atoms. The lowest BCUT2D eigenvalue weighted by Crippen LogP contribution is -2.18. The van der Waals surface area contributed by atoms with Crippen molar-refractivity contribution in [3.05, 3.63) is 163 Å². The summed E-state index contributed by atoms with van der Waals surface area (Å²) >= 11 is 0. The van der Waals surface area contributed by atoms with Crippen molar-refractivity contribution in [2.45, 2.75) is 11.8 Å². The number of non-ortho nitro benzene ring substituents is 2. The summed E-state index contributed by atoms with van der Waals surface area (Å²) in [6, 6.07) is 32.3. The van der Waals surface area contributed by atoms with Crippen molar-refractivity contribution in [2.75, 3.05) is 0 Å². The third kappa shape index (κ3) is 5.24. The van der Waals surface area contributed by atoms with Gasteiger partial charge in [-0.2, -0.15) is 0 Å². The Morgan fingerprint density at radius 1 is 0.727 bits per heavy atom. The molecule has 214 valence electrons. The molecule has 1 aliphatic carbocycles. The minimum atomic E-state index is -1.11. The highest BCUT2D eigenvalue weighted by Gasteiger charge is 2.38. The van der Waals surface area contributed by atoms with Crippen LogP contribution in [-0.4, -0.2) is 16.0 Å². The van der Waals surface area contributed by atoms with E-state index in [2.05, 4.69) is 5.92 Å². The molecule has 0 radical (unpaired) electrons. The topological polar surface area (TPSA) is 122 Å². The average molecular weight is 583 g/mol. The largest absolute Gasteiger partial charge is 0.519 e. The van der Waals surface area contributed by atoms with Gasteiger partial charge in [0.2, 0.25) is 0 Å². The van der Waals surface area contributed by atoms with Gasteiger partial charge in [0, 0.05) is 47.2 Å². The van der Waals surface area contributed by atoms with E-state index in [9.17, 15) is 25.0 Å². The van der Waals surface area contributed by atoms with Crippen LogP contribution in [0.5, 0.6) is 11.5 Å². The maximum absolute atomic E-state index is 13.0. The summed E-state index contributed by atoms with van der Waals surface area (Å²) in [4.78, 5) is 34.9. The van der Waals surface area contributed by atoms with Crippen molar-refractivity contribution in [3.63, 3.8) is 0 Å². The molecule has 0 aromatic heterocycles. The number of rotatable bonds is 7. The number of carbonyl (C=O) groups excluding carboxylic acids is 1. The molecule has 0 bridgehead atoms. The quantitative estimate of drug-likeness (QED) is 0.0626. The van der Waals surface area contributed by atoms with Crippen LogP contribution in [-0.2, 0) is 0 Å². The van der Waals surface area contributed by atoms with Crippen molar-refractivity contribution >= 4 is 17.5 Å². The van der Waals surface area contributed by atoms with Gasteiger partial charge in [-0.3, -0.25) is 20.2 Å². The molecular formula is C35H22N2O7. The summed E-state index contributed by atoms with van der Waals surface area (Å²) in [5, 5.41) is 23.0. The number of nitro groups is 2. The second-order valence-corrected chi connectivity index (χ2v) is 10.1. The maximum Gasteiger partial charge on any atom is 0.519 e. The fourth-order valence-electron chi connectivity index (χ4n) is 5.72. The summed E-state index contributed by atoms with van der Waals surface area (Å²) in [6.45, 7) is 0.